The Bertz CT molecular complexity index is 536. The van der Waals surface area contributed by atoms with E-state index >= 15 is 0 Å². The van der Waals surface area contributed by atoms with Gasteiger partial charge in [0.1, 0.15) is 5.76 Å². The molecule has 72 valence electrons. The fourth-order valence-corrected chi connectivity index (χ4v) is 1.39. The van der Waals surface area contributed by atoms with Gasteiger partial charge in [-0.05, 0) is 31.3 Å². The van der Waals surface area contributed by atoms with Crippen molar-refractivity contribution in [2.75, 3.05) is 0 Å². The summed E-state index contributed by atoms with van der Waals surface area (Å²) in [6, 6.07) is 5.02. The molecule has 0 saturated carbocycles. The number of H-pyrrole nitrogens is 2. The SMILES string of the molecule is Cc1ccc(-c2cc(=O)[nH]c(=S)[nH]2)o1. The molecular weight excluding hydrogens is 200 g/mol. The number of rotatable bonds is 1. The Balaban J connectivity index is 2.62. The molecule has 0 saturated heterocycles. The highest BCUT2D eigenvalue weighted by atomic mass is 32.1. The largest absolute Gasteiger partial charge is 0.460 e. The Hall–Kier alpha value is -1.62. The summed E-state index contributed by atoms with van der Waals surface area (Å²) < 4.78 is 5.64. The quantitative estimate of drug-likeness (QED) is 0.704. The van der Waals surface area contributed by atoms with E-state index in [0.717, 1.165) is 5.76 Å². The molecule has 14 heavy (non-hydrogen) atoms. The lowest BCUT2D eigenvalue weighted by atomic mass is 10.3. The van der Waals surface area contributed by atoms with Gasteiger partial charge in [-0.25, -0.2) is 0 Å². The van der Waals surface area contributed by atoms with Crippen molar-refractivity contribution >= 4 is 12.2 Å². The van der Waals surface area contributed by atoms with Gasteiger partial charge in [-0.3, -0.25) is 9.78 Å². The van der Waals surface area contributed by atoms with Crippen LogP contribution in [-0.4, -0.2) is 9.97 Å². The zero-order valence-electron chi connectivity index (χ0n) is 7.46. The van der Waals surface area contributed by atoms with Crippen LogP contribution in [0.4, 0.5) is 0 Å². The van der Waals surface area contributed by atoms with Gasteiger partial charge in [-0.1, -0.05) is 0 Å². The first kappa shape index (κ1) is 8.96. The van der Waals surface area contributed by atoms with Gasteiger partial charge in [0.25, 0.3) is 5.56 Å². The summed E-state index contributed by atoms with van der Waals surface area (Å²) in [5.74, 6) is 1.40. The molecule has 0 bridgehead atoms. The molecule has 2 heterocycles. The van der Waals surface area contributed by atoms with Crippen LogP contribution in [0.15, 0.2) is 27.4 Å². The van der Waals surface area contributed by atoms with Gasteiger partial charge in [0.2, 0.25) is 0 Å². The number of furan rings is 1. The van der Waals surface area contributed by atoms with Gasteiger partial charge in [0, 0.05) is 6.07 Å². The number of hydrogen-bond donors (Lipinski definition) is 2. The van der Waals surface area contributed by atoms with Crippen LogP contribution in [0.2, 0.25) is 0 Å². The van der Waals surface area contributed by atoms with E-state index in [1.807, 2.05) is 13.0 Å². The summed E-state index contributed by atoms with van der Waals surface area (Å²) in [4.78, 5) is 16.4. The second-order valence-electron chi connectivity index (χ2n) is 2.91. The van der Waals surface area contributed by atoms with Crippen LogP contribution in [0.25, 0.3) is 11.5 Å². The molecule has 0 radical (unpaired) electrons. The fraction of sp³-hybridized carbons (Fsp3) is 0.111. The number of aromatic amines is 2. The molecule has 0 aliphatic rings. The number of aromatic nitrogens is 2. The van der Waals surface area contributed by atoms with Crippen LogP contribution in [0, 0.1) is 11.7 Å². The Labute approximate surface area is 84.6 Å². The van der Waals surface area contributed by atoms with Gasteiger partial charge >= 0.3 is 0 Å². The smallest absolute Gasteiger partial charge is 0.252 e. The second-order valence-corrected chi connectivity index (χ2v) is 3.32. The molecule has 0 aliphatic heterocycles. The summed E-state index contributed by atoms with van der Waals surface area (Å²) in [5, 5.41) is 0. The van der Waals surface area contributed by atoms with Crippen molar-refractivity contribution in [3.63, 3.8) is 0 Å². The number of aryl methyl sites for hydroxylation is 1. The molecular formula is C9H8N2O2S. The van der Waals surface area contributed by atoms with Crippen LogP contribution >= 0.6 is 12.2 Å². The molecule has 0 aromatic carbocycles. The van der Waals surface area contributed by atoms with E-state index in [2.05, 4.69) is 9.97 Å². The Morgan fingerprint density at radius 3 is 2.71 bits per heavy atom. The van der Waals surface area contributed by atoms with Crippen LogP contribution in [0.5, 0.6) is 0 Å². The molecule has 2 aromatic rings. The molecule has 5 heteroatoms. The summed E-state index contributed by atoms with van der Waals surface area (Å²) >= 11 is 4.84. The third-order valence-corrected chi connectivity index (χ3v) is 1.97. The van der Waals surface area contributed by atoms with Gasteiger partial charge in [0.05, 0.1) is 5.69 Å². The van der Waals surface area contributed by atoms with Crippen molar-refractivity contribution in [2.24, 2.45) is 0 Å². The molecule has 4 nitrogen and oxygen atoms in total. The maximum absolute atomic E-state index is 11.1. The summed E-state index contributed by atoms with van der Waals surface area (Å²) in [7, 11) is 0. The van der Waals surface area contributed by atoms with Crippen molar-refractivity contribution < 1.29 is 4.42 Å². The maximum atomic E-state index is 11.1. The Morgan fingerprint density at radius 1 is 1.36 bits per heavy atom. The van der Waals surface area contributed by atoms with E-state index in [1.165, 1.54) is 6.07 Å². The molecule has 2 aromatic heterocycles. The number of hydrogen-bond acceptors (Lipinski definition) is 3. The predicted octanol–water partition coefficient (Wildman–Crippen LogP) is 2.00. The van der Waals surface area contributed by atoms with Gasteiger partial charge in [0.15, 0.2) is 10.5 Å². The monoisotopic (exact) mass is 208 g/mol. The van der Waals surface area contributed by atoms with Crippen molar-refractivity contribution in [1.29, 1.82) is 0 Å². The zero-order chi connectivity index (χ0) is 10.1. The zero-order valence-corrected chi connectivity index (χ0v) is 8.27. The Kier molecular flexibility index (Phi) is 2.09. The maximum Gasteiger partial charge on any atom is 0.252 e. The molecule has 2 N–H and O–H groups in total. The van der Waals surface area contributed by atoms with E-state index in [4.69, 9.17) is 16.6 Å². The van der Waals surface area contributed by atoms with Gasteiger partial charge < -0.3 is 9.40 Å². The first-order valence-corrected chi connectivity index (χ1v) is 4.46. The summed E-state index contributed by atoms with van der Waals surface area (Å²) in [5.41, 5.74) is 0.352. The van der Waals surface area contributed by atoms with E-state index in [9.17, 15) is 4.79 Å². The first-order valence-electron chi connectivity index (χ1n) is 4.05. The van der Waals surface area contributed by atoms with Gasteiger partial charge in [-0.2, -0.15) is 0 Å². The summed E-state index contributed by atoms with van der Waals surface area (Å²) in [6.07, 6.45) is 0. The lowest BCUT2D eigenvalue weighted by molar-refractivity contribution is 0.546. The van der Waals surface area contributed by atoms with Gasteiger partial charge in [-0.15, -0.1) is 0 Å². The number of nitrogens with one attached hydrogen (secondary N) is 2. The highest BCUT2D eigenvalue weighted by Gasteiger charge is 2.03. The van der Waals surface area contributed by atoms with E-state index < -0.39 is 0 Å². The van der Waals surface area contributed by atoms with Crippen molar-refractivity contribution in [3.05, 3.63) is 39.1 Å². The lowest BCUT2D eigenvalue weighted by Crippen LogP contribution is -2.05. The highest BCUT2D eigenvalue weighted by molar-refractivity contribution is 7.71. The third kappa shape index (κ3) is 1.67. The predicted molar refractivity (Wildman–Crippen MR) is 54.7 cm³/mol. The lowest BCUT2D eigenvalue weighted by Gasteiger charge is -1.95. The Morgan fingerprint density at radius 2 is 2.14 bits per heavy atom. The fourth-order valence-electron chi connectivity index (χ4n) is 1.18. The average molecular weight is 208 g/mol. The van der Waals surface area contributed by atoms with E-state index in [1.54, 1.807) is 6.07 Å². The molecule has 2 rings (SSSR count). The normalized spacial score (nSPS) is 10.4. The van der Waals surface area contributed by atoms with Crippen LogP contribution < -0.4 is 5.56 Å². The van der Waals surface area contributed by atoms with Crippen LogP contribution in [0.1, 0.15) is 5.76 Å². The summed E-state index contributed by atoms with van der Waals surface area (Å²) in [6.45, 7) is 1.84. The van der Waals surface area contributed by atoms with Crippen LogP contribution in [0.3, 0.4) is 0 Å². The minimum atomic E-state index is -0.238. The topological polar surface area (TPSA) is 61.8 Å². The third-order valence-electron chi connectivity index (χ3n) is 1.77. The van der Waals surface area contributed by atoms with Crippen LogP contribution in [-0.2, 0) is 0 Å². The highest BCUT2D eigenvalue weighted by Crippen LogP contribution is 2.17. The van der Waals surface area contributed by atoms with Crippen molar-refractivity contribution in [1.82, 2.24) is 9.97 Å². The standard InChI is InChI=1S/C9H8N2O2S/c1-5-2-3-7(13-5)6-4-8(12)11-9(14)10-6/h2-4H,1H3,(H2,10,11,12,14). The van der Waals surface area contributed by atoms with E-state index in [0.29, 0.717) is 16.2 Å². The molecule has 0 aliphatic carbocycles. The second kappa shape index (κ2) is 3.26. The molecule has 0 atom stereocenters. The minimum Gasteiger partial charge on any atom is -0.460 e. The minimum absolute atomic E-state index is 0.238. The molecule has 0 amide bonds. The first-order chi connectivity index (χ1) is 6.65. The molecule has 0 unspecified atom stereocenters. The average Bonchev–Trinajstić information content (AvgIpc) is 2.50. The molecule has 0 fully saturated rings. The van der Waals surface area contributed by atoms with E-state index in [-0.39, 0.29) is 5.56 Å². The molecule has 0 spiro atoms. The van der Waals surface area contributed by atoms with Crippen molar-refractivity contribution in [3.8, 4) is 11.5 Å². The van der Waals surface area contributed by atoms with Crippen molar-refractivity contribution in [2.45, 2.75) is 6.92 Å².